The molecule has 0 spiro atoms. The molecule has 0 heterocycles. The highest BCUT2D eigenvalue weighted by atomic mass is 32.2. The van der Waals surface area contributed by atoms with Gasteiger partial charge >= 0.3 is 5.97 Å². The molecule has 1 unspecified atom stereocenters. The SMILES string of the molecule is CCCC(=N)c1ccc(OC(=O)CCCN(OCc2ccccc2)S(=O)[O-])cc1. The molecule has 1 N–H and O–H groups in total. The molecular weight excluding hydrogens is 392 g/mol. The summed E-state index contributed by atoms with van der Waals surface area (Å²) < 4.78 is 28.7. The first kappa shape index (κ1) is 22.9. The minimum absolute atomic E-state index is 0.0468. The summed E-state index contributed by atoms with van der Waals surface area (Å²) >= 11 is -2.55. The Morgan fingerprint density at radius 1 is 1.10 bits per heavy atom. The monoisotopic (exact) mass is 417 g/mol. The summed E-state index contributed by atoms with van der Waals surface area (Å²) in [4.78, 5) is 17.3. The van der Waals surface area contributed by atoms with Gasteiger partial charge in [0.2, 0.25) is 0 Å². The molecule has 29 heavy (non-hydrogen) atoms. The average molecular weight is 418 g/mol. The molecule has 2 aromatic rings. The van der Waals surface area contributed by atoms with Gasteiger partial charge < -0.3 is 14.7 Å². The second-order valence-electron chi connectivity index (χ2n) is 6.36. The van der Waals surface area contributed by atoms with E-state index in [1.165, 1.54) is 0 Å². The van der Waals surface area contributed by atoms with Gasteiger partial charge in [0.1, 0.15) is 5.75 Å². The van der Waals surface area contributed by atoms with Gasteiger partial charge in [0, 0.05) is 29.9 Å². The fraction of sp³-hybridized carbons (Fsp3) is 0.333. The van der Waals surface area contributed by atoms with Crippen molar-refractivity contribution < 1.29 is 23.1 Å². The van der Waals surface area contributed by atoms with Gasteiger partial charge in [-0.1, -0.05) is 43.7 Å². The van der Waals surface area contributed by atoms with E-state index in [2.05, 4.69) is 0 Å². The van der Waals surface area contributed by atoms with Crippen molar-refractivity contribution in [3.8, 4) is 5.75 Å². The van der Waals surface area contributed by atoms with Gasteiger partial charge in [0.15, 0.2) is 0 Å². The minimum Gasteiger partial charge on any atom is -0.758 e. The van der Waals surface area contributed by atoms with Gasteiger partial charge in [-0.3, -0.25) is 13.8 Å². The van der Waals surface area contributed by atoms with Crippen molar-refractivity contribution in [3.05, 3.63) is 65.7 Å². The summed E-state index contributed by atoms with van der Waals surface area (Å²) in [6.45, 7) is 2.19. The number of hydrogen-bond donors (Lipinski definition) is 1. The van der Waals surface area contributed by atoms with Crippen LogP contribution in [0.5, 0.6) is 5.75 Å². The number of hydrogen-bond acceptors (Lipinski definition) is 6. The van der Waals surface area contributed by atoms with Crippen LogP contribution >= 0.6 is 0 Å². The number of benzene rings is 2. The molecule has 0 amide bonds. The molecule has 0 fully saturated rings. The third kappa shape index (κ3) is 8.25. The van der Waals surface area contributed by atoms with Gasteiger partial charge in [0.25, 0.3) is 0 Å². The lowest BCUT2D eigenvalue weighted by atomic mass is 10.1. The zero-order valence-corrected chi connectivity index (χ0v) is 17.2. The van der Waals surface area contributed by atoms with E-state index in [1.54, 1.807) is 24.3 Å². The molecule has 0 saturated heterocycles. The first-order valence-corrected chi connectivity index (χ1v) is 10.4. The van der Waals surface area contributed by atoms with Crippen LogP contribution in [-0.2, 0) is 27.5 Å². The summed E-state index contributed by atoms with van der Waals surface area (Å²) in [5.41, 5.74) is 2.19. The van der Waals surface area contributed by atoms with Crippen molar-refractivity contribution in [1.29, 1.82) is 5.41 Å². The molecule has 0 aliphatic carbocycles. The highest BCUT2D eigenvalue weighted by Gasteiger charge is 2.11. The summed E-state index contributed by atoms with van der Waals surface area (Å²) in [6.07, 6.45) is 1.91. The molecule has 0 radical (unpaired) electrons. The number of carbonyl (C=O) groups is 1. The summed E-state index contributed by atoms with van der Waals surface area (Å²) in [5, 5.41) is 7.92. The van der Waals surface area contributed by atoms with E-state index in [4.69, 9.17) is 15.0 Å². The highest BCUT2D eigenvalue weighted by Crippen LogP contribution is 2.15. The second kappa shape index (κ2) is 12.2. The average Bonchev–Trinajstić information content (AvgIpc) is 2.71. The van der Waals surface area contributed by atoms with Crippen molar-refractivity contribution in [2.45, 2.75) is 39.2 Å². The summed E-state index contributed by atoms with van der Waals surface area (Å²) in [5.74, 6) is -0.0614. The Balaban J connectivity index is 1.75. The molecular formula is C21H25N2O5S-. The number of hydroxylamine groups is 1. The molecule has 0 saturated carbocycles. The maximum absolute atomic E-state index is 12.0. The molecule has 0 aliphatic rings. The van der Waals surface area contributed by atoms with E-state index in [-0.39, 0.29) is 26.0 Å². The van der Waals surface area contributed by atoms with Crippen molar-refractivity contribution in [1.82, 2.24) is 4.47 Å². The number of carbonyl (C=O) groups excluding carboxylic acids is 1. The molecule has 7 nitrogen and oxygen atoms in total. The number of nitrogens with zero attached hydrogens (tertiary/aromatic N) is 1. The molecule has 8 heteroatoms. The summed E-state index contributed by atoms with van der Waals surface area (Å²) in [6, 6.07) is 16.0. The van der Waals surface area contributed by atoms with Crippen molar-refractivity contribution in [2.75, 3.05) is 6.54 Å². The third-order valence-electron chi connectivity index (χ3n) is 4.04. The number of ether oxygens (including phenoxy) is 1. The second-order valence-corrected chi connectivity index (χ2v) is 7.20. The fourth-order valence-corrected chi connectivity index (χ4v) is 2.97. The first-order chi connectivity index (χ1) is 14.0. The van der Waals surface area contributed by atoms with Gasteiger partial charge in [-0.05, 0) is 48.2 Å². The zero-order chi connectivity index (χ0) is 21.1. The van der Waals surface area contributed by atoms with Crippen molar-refractivity contribution in [3.63, 3.8) is 0 Å². The standard InChI is InChI=1S/C21H26N2O5S/c1-2-7-20(22)18-11-13-19(14-12-18)28-21(24)10-6-15-23(29(25)26)27-16-17-8-4-3-5-9-17/h3-5,8-9,11-14,22H,2,6-7,10,15-16H2,1H3,(H,25,26)/p-1. The van der Waals surface area contributed by atoms with E-state index in [1.807, 2.05) is 37.3 Å². The third-order valence-corrected chi connectivity index (χ3v) is 4.66. The number of esters is 1. The Bertz CT molecular complexity index is 812. The van der Waals surface area contributed by atoms with Gasteiger partial charge in [-0.2, -0.15) is 0 Å². The Morgan fingerprint density at radius 3 is 2.41 bits per heavy atom. The van der Waals surface area contributed by atoms with E-state index in [0.717, 1.165) is 22.0 Å². The fourth-order valence-electron chi connectivity index (χ4n) is 2.56. The van der Waals surface area contributed by atoms with E-state index in [0.29, 0.717) is 17.9 Å². The first-order valence-electron chi connectivity index (χ1n) is 9.42. The maximum atomic E-state index is 12.0. The van der Waals surface area contributed by atoms with Crippen LogP contribution in [0, 0.1) is 5.41 Å². The predicted molar refractivity (Wildman–Crippen MR) is 110 cm³/mol. The van der Waals surface area contributed by atoms with Crippen molar-refractivity contribution >= 4 is 22.9 Å². The van der Waals surface area contributed by atoms with Crippen LogP contribution in [0.2, 0.25) is 0 Å². The summed E-state index contributed by atoms with van der Waals surface area (Å²) in [7, 11) is 0. The molecule has 0 aliphatic heterocycles. The van der Waals surface area contributed by atoms with Crippen LogP contribution in [-0.4, -0.2) is 31.5 Å². The zero-order valence-electron chi connectivity index (χ0n) is 16.3. The van der Waals surface area contributed by atoms with Crippen LogP contribution in [0.4, 0.5) is 0 Å². The Hall–Kier alpha value is -2.39. The van der Waals surface area contributed by atoms with Gasteiger partial charge in [-0.15, -0.1) is 4.47 Å². The Kier molecular flexibility index (Phi) is 9.66. The van der Waals surface area contributed by atoms with Gasteiger partial charge in [-0.25, -0.2) is 0 Å². The van der Waals surface area contributed by atoms with E-state index >= 15 is 0 Å². The Labute approximate surface area is 173 Å². The van der Waals surface area contributed by atoms with Crippen LogP contribution in [0.15, 0.2) is 54.6 Å². The highest BCUT2D eigenvalue weighted by molar-refractivity contribution is 7.76. The van der Waals surface area contributed by atoms with Crippen LogP contribution < -0.4 is 4.74 Å². The normalized spacial score (nSPS) is 12.0. The van der Waals surface area contributed by atoms with Crippen molar-refractivity contribution in [2.24, 2.45) is 0 Å². The largest absolute Gasteiger partial charge is 0.758 e. The van der Waals surface area contributed by atoms with Crippen LogP contribution in [0.3, 0.4) is 0 Å². The van der Waals surface area contributed by atoms with E-state index in [9.17, 15) is 13.6 Å². The topological polar surface area (TPSA) is 103 Å². The van der Waals surface area contributed by atoms with Crippen LogP contribution in [0.25, 0.3) is 0 Å². The Morgan fingerprint density at radius 2 is 1.79 bits per heavy atom. The van der Waals surface area contributed by atoms with Crippen LogP contribution in [0.1, 0.15) is 43.7 Å². The molecule has 1 atom stereocenters. The predicted octanol–water partition coefficient (Wildman–Crippen LogP) is 3.77. The maximum Gasteiger partial charge on any atom is 0.311 e. The molecule has 2 aromatic carbocycles. The smallest absolute Gasteiger partial charge is 0.311 e. The molecule has 0 bridgehead atoms. The lowest BCUT2D eigenvalue weighted by molar-refractivity contribution is -0.135. The van der Waals surface area contributed by atoms with Gasteiger partial charge in [0.05, 0.1) is 6.61 Å². The number of rotatable bonds is 12. The molecule has 156 valence electrons. The lowest BCUT2D eigenvalue weighted by Gasteiger charge is -2.23. The lowest BCUT2D eigenvalue weighted by Crippen LogP contribution is -2.27. The molecule has 2 rings (SSSR count). The van der Waals surface area contributed by atoms with E-state index < -0.39 is 17.2 Å². The number of nitrogens with one attached hydrogen (secondary N) is 1. The minimum atomic E-state index is -2.55. The quantitative estimate of drug-likeness (QED) is 0.186. The molecule has 0 aromatic heterocycles.